The Morgan fingerprint density at radius 2 is 1.77 bits per heavy atom. The molecule has 136 valence electrons. The number of urea groups is 1. The predicted molar refractivity (Wildman–Crippen MR) is 101 cm³/mol. The maximum absolute atomic E-state index is 13.2. The number of halogens is 2. The fourth-order valence-electron chi connectivity index (χ4n) is 2.99. The van der Waals surface area contributed by atoms with Gasteiger partial charge in [-0.2, -0.15) is 0 Å². The third kappa shape index (κ3) is 3.57. The number of rotatable bonds is 6. The summed E-state index contributed by atoms with van der Waals surface area (Å²) in [7, 11) is 0. The molecule has 0 unspecified atom stereocenters. The molecule has 0 spiro atoms. The van der Waals surface area contributed by atoms with Crippen LogP contribution in [0.4, 0.5) is 9.18 Å². The molecule has 1 heterocycles. The van der Waals surface area contributed by atoms with Crippen LogP contribution in [0.5, 0.6) is 0 Å². The summed E-state index contributed by atoms with van der Waals surface area (Å²) < 4.78 is 13.2. The zero-order valence-corrected chi connectivity index (χ0v) is 15.7. The molecule has 3 rings (SSSR count). The maximum Gasteiger partial charge on any atom is 0.325 e. The number of benzene rings is 2. The highest BCUT2D eigenvalue weighted by atomic mass is 35.5. The lowest BCUT2D eigenvalue weighted by molar-refractivity contribution is -0.131. The Labute approximate surface area is 160 Å². The lowest BCUT2D eigenvalue weighted by atomic mass is 9.87. The van der Waals surface area contributed by atoms with Crippen molar-refractivity contribution in [3.05, 3.63) is 64.9 Å². The van der Waals surface area contributed by atoms with Gasteiger partial charge in [0.05, 0.1) is 0 Å². The fraction of sp³-hybridized carbons (Fsp3) is 0.263. The first kappa shape index (κ1) is 18.7. The molecule has 2 aromatic carbocycles. The Bertz CT molecular complexity index is 813. The average molecular weight is 393 g/mol. The number of thioether (sulfide) groups is 1. The van der Waals surface area contributed by atoms with Crippen molar-refractivity contribution in [2.24, 2.45) is 0 Å². The first-order chi connectivity index (χ1) is 12.5. The molecular weight excluding hydrogens is 375 g/mol. The number of nitrogens with zero attached hydrogens (tertiary/aromatic N) is 1. The zero-order chi connectivity index (χ0) is 18.7. The summed E-state index contributed by atoms with van der Waals surface area (Å²) in [6.45, 7) is 2.12. The smallest absolute Gasteiger partial charge is 0.319 e. The van der Waals surface area contributed by atoms with Crippen molar-refractivity contribution >= 4 is 35.3 Å². The van der Waals surface area contributed by atoms with E-state index in [1.165, 1.54) is 17.0 Å². The quantitative estimate of drug-likeness (QED) is 0.584. The largest absolute Gasteiger partial charge is 0.325 e. The molecule has 0 bridgehead atoms. The van der Waals surface area contributed by atoms with Crippen molar-refractivity contribution in [1.82, 2.24) is 10.2 Å². The van der Waals surface area contributed by atoms with Gasteiger partial charge in [-0.05, 0) is 48.4 Å². The van der Waals surface area contributed by atoms with Crippen molar-refractivity contribution in [3.63, 3.8) is 0 Å². The monoisotopic (exact) mass is 392 g/mol. The van der Waals surface area contributed by atoms with Crippen LogP contribution in [0.1, 0.15) is 18.9 Å². The van der Waals surface area contributed by atoms with Gasteiger partial charge in [-0.15, -0.1) is 11.8 Å². The van der Waals surface area contributed by atoms with Gasteiger partial charge in [-0.25, -0.2) is 9.18 Å². The van der Waals surface area contributed by atoms with Crippen molar-refractivity contribution < 1.29 is 14.0 Å². The summed E-state index contributed by atoms with van der Waals surface area (Å²) in [5, 5.41) is 3.46. The van der Waals surface area contributed by atoms with Gasteiger partial charge in [0.2, 0.25) is 0 Å². The van der Waals surface area contributed by atoms with E-state index >= 15 is 0 Å². The van der Waals surface area contributed by atoms with Crippen LogP contribution in [0.25, 0.3) is 0 Å². The second kappa shape index (κ2) is 7.68. The second-order valence-electron chi connectivity index (χ2n) is 5.96. The predicted octanol–water partition coefficient (Wildman–Crippen LogP) is 4.43. The van der Waals surface area contributed by atoms with Gasteiger partial charge in [-0.1, -0.05) is 30.7 Å². The summed E-state index contributed by atoms with van der Waals surface area (Å²) in [6.07, 6.45) is 0.393. The molecule has 3 amide bonds. The van der Waals surface area contributed by atoms with Crippen molar-refractivity contribution in [3.8, 4) is 0 Å². The minimum Gasteiger partial charge on any atom is -0.319 e. The number of amides is 3. The summed E-state index contributed by atoms with van der Waals surface area (Å²) in [4.78, 5) is 27.6. The number of carbonyl (C=O) groups is 2. The molecule has 1 saturated heterocycles. The van der Waals surface area contributed by atoms with Crippen LogP contribution >= 0.6 is 23.4 Å². The van der Waals surface area contributed by atoms with E-state index in [1.54, 1.807) is 36.0 Å². The van der Waals surface area contributed by atoms with Crippen LogP contribution in [-0.4, -0.2) is 29.1 Å². The number of hydrogen-bond donors (Lipinski definition) is 1. The molecule has 1 aliphatic heterocycles. The van der Waals surface area contributed by atoms with Crippen molar-refractivity contribution in [1.29, 1.82) is 0 Å². The number of carbonyl (C=O) groups excluding carboxylic acids is 2. The molecule has 7 heteroatoms. The summed E-state index contributed by atoms with van der Waals surface area (Å²) in [5.41, 5.74) is -0.539. The van der Waals surface area contributed by atoms with Gasteiger partial charge in [0.15, 0.2) is 0 Å². The van der Waals surface area contributed by atoms with Crippen LogP contribution in [0.2, 0.25) is 5.02 Å². The van der Waals surface area contributed by atoms with Crippen molar-refractivity contribution in [2.75, 3.05) is 12.3 Å². The highest BCUT2D eigenvalue weighted by molar-refractivity contribution is 7.99. The van der Waals surface area contributed by atoms with Gasteiger partial charge < -0.3 is 5.32 Å². The number of hydrogen-bond acceptors (Lipinski definition) is 3. The highest BCUT2D eigenvalue weighted by Crippen LogP contribution is 2.33. The molecule has 4 nitrogen and oxygen atoms in total. The summed E-state index contributed by atoms with van der Waals surface area (Å²) in [5.74, 6) is -0.106. The normalized spacial score (nSPS) is 19.7. The Morgan fingerprint density at radius 1 is 1.12 bits per heavy atom. The second-order valence-corrected chi connectivity index (χ2v) is 7.56. The lowest BCUT2D eigenvalue weighted by Gasteiger charge is -2.25. The van der Waals surface area contributed by atoms with E-state index < -0.39 is 11.6 Å². The van der Waals surface area contributed by atoms with Crippen LogP contribution in [-0.2, 0) is 10.3 Å². The Balaban J connectivity index is 1.71. The van der Waals surface area contributed by atoms with E-state index in [9.17, 15) is 14.0 Å². The van der Waals surface area contributed by atoms with Gasteiger partial charge in [0, 0.05) is 22.2 Å². The third-order valence-corrected chi connectivity index (χ3v) is 5.68. The minimum atomic E-state index is -1.13. The molecule has 1 atom stereocenters. The molecule has 1 aliphatic rings. The van der Waals surface area contributed by atoms with Gasteiger partial charge in [-0.3, -0.25) is 9.69 Å². The Hall–Kier alpha value is -2.05. The molecule has 2 aromatic rings. The summed E-state index contributed by atoms with van der Waals surface area (Å²) in [6, 6.07) is 12.7. The average Bonchev–Trinajstić information content (AvgIpc) is 2.89. The standard InChI is InChI=1S/C19H18ClFN2O2S/c1-2-19(13-3-7-15(21)8-4-13)17(24)23(18(25)22-19)11-12-26-16-9-5-14(20)6-10-16/h3-10H,2,11-12H2,1H3,(H,22,25)/t19-/m1/s1. The SMILES string of the molecule is CC[C@]1(c2ccc(F)cc2)NC(=O)N(CCSc2ccc(Cl)cc2)C1=O. The third-order valence-electron chi connectivity index (χ3n) is 4.44. The Kier molecular flexibility index (Phi) is 5.53. The molecule has 0 aromatic heterocycles. The molecule has 0 aliphatic carbocycles. The first-order valence-corrected chi connectivity index (χ1v) is 9.61. The maximum atomic E-state index is 13.2. The lowest BCUT2D eigenvalue weighted by Crippen LogP contribution is -2.43. The van der Waals surface area contributed by atoms with Crippen LogP contribution < -0.4 is 5.32 Å². The number of nitrogens with one attached hydrogen (secondary N) is 1. The van der Waals surface area contributed by atoms with E-state index in [0.717, 1.165) is 4.90 Å². The van der Waals surface area contributed by atoms with Gasteiger partial charge in [0.25, 0.3) is 5.91 Å². The molecule has 0 radical (unpaired) electrons. The van der Waals surface area contributed by atoms with E-state index in [0.29, 0.717) is 29.3 Å². The van der Waals surface area contributed by atoms with Crippen LogP contribution in [0.15, 0.2) is 53.4 Å². The topological polar surface area (TPSA) is 49.4 Å². The molecule has 26 heavy (non-hydrogen) atoms. The van der Waals surface area contributed by atoms with Gasteiger partial charge in [0.1, 0.15) is 11.4 Å². The first-order valence-electron chi connectivity index (χ1n) is 8.25. The van der Waals surface area contributed by atoms with Crippen LogP contribution in [0.3, 0.4) is 0 Å². The zero-order valence-electron chi connectivity index (χ0n) is 14.2. The molecule has 1 fully saturated rings. The van der Waals surface area contributed by atoms with Crippen LogP contribution in [0, 0.1) is 5.82 Å². The van der Waals surface area contributed by atoms with Gasteiger partial charge >= 0.3 is 6.03 Å². The minimum absolute atomic E-state index is 0.293. The van der Waals surface area contributed by atoms with E-state index in [2.05, 4.69) is 5.32 Å². The Morgan fingerprint density at radius 3 is 2.38 bits per heavy atom. The molecule has 1 N–H and O–H groups in total. The van der Waals surface area contributed by atoms with E-state index in [1.807, 2.05) is 19.1 Å². The van der Waals surface area contributed by atoms with Crippen molar-refractivity contribution in [2.45, 2.75) is 23.8 Å². The highest BCUT2D eigenvalue weighted by Gasteiger charge is 2.50. The number of imide groups is 1. The molecule has 0 saturated carbocycles. The summed E-state index contributed by atoms with van der Waals surface area (Å²) >= 11 is 7.41. The molecular formula is C19H18ClFN2O2S. The van der Waals surface area contributed by atoms with E-state index in [-0.39, 0.29) is 11.7 Å². The fourth-order valence-corrected chi connectivity index (χ4v) is 3.95. The van der Waals surface area contributed by atoms with E-state index in [4.69, 9.17) is 11.6 Å².